The van der Waals surface area contributed by atoms with Crippen LogP contribution in [0.1, 0.15) is 117 Å². The molecule has 0 radical (unpaired) electrons. The Morgan fingerprint density at radius 2 is 1.04 bits per heavy atom. The number of hydrogen-bond acceptors (Lipinski definition) is 2. The molecule has 2 N–H and O–H groups in total. The summed E-state index contributed by atoms with van der Waals surface area (Å²) in [5.41, 5.74) is 0. The van der Waals surface area contributed by atoms with Crippen LogP contribution in [0, 0.1) is 0 Å². The summed E-state index contributed by atoms with van der Waals surface area (Å²) in [5, 5.41) is 11.8. The number of rotatable bonds is 19. The fourth-order valence-electron chi connectivity index (χ4n) is 3.08. The molecule has 0 bridgehead atoms. The van der Waals surface area contributed by atoms with Gasteiger partial charge in [-0.15, -0.1) is 0 Å². The van der Waals surface area contributed by atoms with Gasteiger partial charge in [-0.2, -0.15) is 0 Å². The Hall–Kier alpha value is 1.07. The van der Waals surface area contributed by atoms with Gasteiger partial charge in [-0.25, -0.2) is 0 Å². The van der Waals surface area contributed by atoms with E-state index in [0.29, 0.717) is 0 Å². The first kappa shape index (κ1) is 28.3. The summed E-state index contributed by atoms with van der Waals surface area (Å²) in [5.74, 6) is -0.758. The van der Waals surface area contributed by atoms with E-state index in [-0.39, 0.29) is 51.4 Å². The van der Waals surface area contributed by atoms with Crippen LogP contribution >= 0.6 is 0 Å². The fraction of sp³-hybridized carbons (Fsp3) is 0.952. The molecule has 0 fully saturated rings. The molecule has 0 rings (SSSR count). The van der Waals surface area contributed by atoms with Crippen molar-refractivity contribution in [3.63, 3.8) is 0 Å². The Balaban J connectivity index is 0. The standard InChI is InChI=1S/C21H43NO2.K.H/c1-3-4-5-6-7-8-9-10-11-12-13-14-15-16-17-18-19-22-20(2)21(23)24;;/h20,22H,3-19H2,1-2H3,(H,23,24);;. The summed E-state index contributed by atoms with van der Waals surface area (Å²) in [7, 11) is 0. The molecule has 1 unspecified atom stereocenters. The van der Waals surface area contributed by atoms with Crippen LogP contribution < -0.4 is 5.32 Å². The topological polar surface area (TPSA) is 49.3 Å². The monoisotopic (exact) mass is 381 g/mol. The molecule has 0 aliphatic heterocycles. The van der Waals surface area contributed by atoms with Crippen LogP contribution in [0.3, 0.4) is 0 Å². The fourth-order valence-corrected chi connectivity index (χ4v) is 3.08. The van der Waals surface area contributed by atoms with Crippen molar-refractivity contribution in [3.8, 4) is 0 Å². The maximum absolute atomic E-state index is 10.6. The minimum atomic E-state index is -0.758. The number of aliphatic carboxylic acids is 1. The quantitative estimate of drug-likeness (QED) is 0.224. The molecular formula is C21H44KNO2. The Labute approximate surface area is 199 Å². The summed E-state index contributed by atoms with van der Waals surface area (Å²) >= 11 is 0. The molecule has 0 aromatic heterocycles. The molecule has 0 aliphatic carbocycles. The van der Waals surface area contributed by atoms with Crippen LogP contribution in [0.2, 0.25) is 0 Å². The van der Waals surface area contributed by atoms with E-state index < -0.39 is 12.0 Å². The minimum absolute atomic E-state index is 0. The number of nitrogens with one attached hydrogen (secondary N) is 1. The van der Waals surface area contributed by atoms with Crippen LogP contribution in [-0.4, -0.2) is 75.0 Å². The first-order valence-electron chi connectivity index (χ1n) is 10.6. The molecule has 0 aliphatic rings. The van der Waals surface area contributed by atoms with Gasteiger partial charge in [-0.05, 0) is 19.9 Å². The van der Waals surface area contributed by atoms with Crippen molar-refractivity contribution in [2.24, 2.45) is 0 Å². The zero-order chi connectivity index (χ0) is 17.9. The maximum atomic E-state index is 10.6. The first-order chi connectivity index (χ1) is 11.7. The van der Waals surface area contributed by atoms with Crippen molar-refractivity contribution in [2.45, 2.75) is 123 Å². The zero-order valence-electron chi connectivity index (χ0n) is 16.5. The Bertz CT molecular complexity index is 275. The van der Waals surface area contributed by atoms with Crippen molar-refractivity contribution in [1.82, 2.24) is 5.32 Å². The van der Waals surface area contributed by atoms with E-state index in [1.165, 1.54) is 96.3 Å². The number of hydrogen-bond donors (Lipinski definition) is 2. The molecule has 25 heavy (non-hydrogen) atoms. The van der Waals surface area contributed by atoms with Gasteiger partial charge in [0.2, 0.25) is 0 Å². The first-order valence-corrected chi connectivity index (χ1v) is 10.6. The normalized spacial score (nSPS) is 11.9. The molecule has 1 atom stereocenters. The van der Waals surface area contributed by atoms with Gasteiger partial charge in [-0.1, -0.05) is 103 Å². The Morgan fingerprint density at radius 1 is 0.720 bits per heavy atom. The average molecular weight is 382 g/mol. The van der Waals surface area contributed by atoms with Crippen LogP contribution in [-0.2, 0) is 4.79 Å². The van der Waals surface area contributed by atoms with Gasteiger partial charge in [0.25, 0.3) is 0 Å². The summed E-state index contributed by atoms with van der Waals surface area (Å²) in [4.78, 5) is 10.6. The predicted octanol–water partition coefficient (Wildman–Crippen LogP) is 5.66. The van der Waals surface area contributed by atoms with Gasteiger partial charge >= 0.3 is 57.4 Å². The molecule has 0 amide bonds. The van der Waals surface area contributed by atoms with E-state index in [0.717, 1.165) is 13.0 Å². The molecular weight excluding hydrogens is 337 g/mol. The third-order valence-corrected chi connectivity index (χ3v) is 4.85. The van der Waals surface area contributed by atoms with Crippen molar-refractivity contribution in [1.29, 1.82) is 0 Å². The molecule has 4 heteroatoms. The van der Waals surface area contributed by atoms with E-state index in [1.807, 2.05) is 0 Å². The van der Waals surface area contributed by atoms with Crippen LogP contribution in [0.4, 0.5) is 0 Å². The average Bonchev–Trinajstić information content (AvgIpc) is 2.57. The third-order valence-electron chi connectivity index (χ3n) is 4.85. The van der Waals surface area contributed by atoms with Crippen molar-refractivity contribution in [2.75, 3.05) is 6.54 Å². The molecule has 0 aromatic carbocycles. The van der Waals surface area contributed by atoms with Gasteiger partial charge in [0.1, 0.15) is 6.04 Å². The van der Waals surface area contributed by atoms with E-state index in [9.17, 15) is 4.79 Å². The number of unbranched alkanes of at least 4 members (excludes halogenated alkanes) is 15. The summed E-state index contributed by atoms with van der Waals surface area (Å²) in [6, 6.07) is -0.415. The van der Waals surface area contributed by atoms with Crippen LogP contribution in [0.15, 0.2) is 0 Å². The van der Waals surface area contributed by atoms with Crippen molar-refractivity contribution >= 4 is 57.4 Å². The number of carbonyl (C=O) groups is 1. The van der Waals surface area contributed by atoms with E-state index in [2.05, 4.69) is 12.2 Å². The second-order valence-corrected chi connectivity index (χ2v) is 7.32. The SMILES string of the molecule is CCCCCCCCCCCCCCCCCCNC(C)C(=O)O.[KH]. The summed E-state index contributed by atoms with van der Waals surface area (Å²) < 4.78 is 0. The van der Waals surface area contributed by atoms with E-state index in [1.54, 1.807) is 6.92 Å². The second-order valence-electron chi connectivity index (χ2n) is 7.32. The van der Waals surface area contributed by atoms with Gasteiger partial charge in [0.05, 0.1) is 0 Å². The van der Waals surface area contributed by atoms with E-state index in [4.69, 9.17) is 5.11 Å². The Kier molecular flexibility index (Phi) is 26.1. The molecule has 146 valence electrons. The molecule has 0 spiro atoms. The van der Waals surface area contributed by atoms with Gasteiger partial charge in [0, 0.05) is 0 Å². The molecule has 0 aromatic rings. The zero-order valence-corrected chi connectivity index (χ0v) is 16.5. The van der Waals surface area contributed by atoms with Crippen LogP contribution in [0.5, 0.6) is 0 Å². The molecule has 0 saturated carbocycles. The second kappa shape index (κ2) is 23.1. The summed E-state index contributed by atoms with van der Waals surface area (Å²) in [6.45, 7) is 4.81. The number of carboxylic acid groups (broad SMARTS) is 1. The Morgan fingerprint density at radius 3 is 1.36 bits per heavy atom. The molecule has 0 saturated heterocycles. The van der Waals surface area contributed by atoms with Crippen molar-refractivity contribution < 1.29 is 9.90 Å². The molecule has 0 heterocycles. The van der Waals surface area contributed by atoms with Gasteiger partial charge in [0.15, 0.2) is 0 Å². The predicted molar refractivity (Wildman–Crippen MR) is 112 cm³/mol. The summed E-state index contributed by atoms with van der Waals surface area (Å²) in [6.07, 6.45) is 21.9. The molecule has 3 nitrogen and oxygen atoms in total. The third kappa shape index (κ3) is 23.0. The van der Waals surface area contributed by atoms with Gasteiger partial charge < -0.3 is 10.4 Å². The van der Waals surface area contributed by atoms with Crippen molar-refractivity contribution in [3.05, 3.63) is 0 Å². The van der Waals surface area contributed by atoms with Gasteiger partial charge in [-0.3, -0.25) is 4.79 Å². The van der Waals surface area contributed by atoms with Crippen LogP contribution in [0.25, 0.3) is 0 Å². The number of carboxylic acids is 1. The van der Waals surface area contributed by atoms with E-state index >= 15 is 0 Å².